The van der Waals surface area contributed by atoms with E-state index in [1.807, 2.05) is 0 Å². The summed E-state index contributed by atoms with van der Waals surface area (Å²) in [6.45, 7) is 2.35. The molecule has 6 heteroatoms. The summed E-state index contributed by atoms with van der Waals surface area (Å²) in [4.78, 5) is 11.8. The third-order valence-electron chi connectivity index (χ3n) is 4.13. The quantitative estimate of drug-likeness (QED) is 0.887. The lowest BCUT2D eigenvalue weighted by Gasteiger charge is -2.29. The van der Waals surface area contributed by atoms with Gasteiger partial charge in [-0.2, -0.15) is 13.2 Å². The summed E-state index contributed by atoms with van der Waals surface area (Å²) in [7, 11) is 0. The summed E-state index contributed by atoms with van der Waals surface area (Å²) in [5.74, 6) is 0.310. The summed E-state index contributed by atoms with van der Waals surface area (Å²) in [6.07, 6.45) is 0.272. The Labute approximate surface area is 128 Å². The van der Waals surface area contributed by atoms with E-state index in [2.05, 4.69) is 17.6 Å². The van der Waals surface area contributed by atoms with Crippen LogP contribution in [0.3, 0.4) is 0 Å². The average Bonchev–Trinajstić information content (AvgIpc) is 2.46. The van der Waals surface area contributed by atoms with Crippen LogP contribution in [0.15, 0.2) is 24.3 Å². The fourth-order valence-corrected chi connectivity index (χ4v) is 2.79. The molecule has 2 rings (SSSR count). The molecule has 1 aromatic carbocycles. The van der Waals surface area contributed by atoms with Gasteiger partial charge in [0, 0.05) is 11.7 Å². The molecule has 1 amide bonds. The molecule has 1 aromatic rings. The first-order valence-electron chi connectivity index (χ1n) is 7.57. The highest BCUT2D eigenvalue weighted by Gasteiger charge is 2.30. The number of benzene rings is 1. The van der Waals surface area contributed by atoms with Gasteiger partial charge in [0.05, 0.1) is 12.1 Å². The lowest BCUT2D eigenvalue weighted by molar-refractivity contribution is -0.137. The van der Waals surface area contributed by atoms with Crippen molar-refractivity contribution in [3.8, 4) is 0 Å². The maximum atomic E-state index is 12.4. The molecule has 0 spiro atoms. The summed E-state index contributed by atoms with van der Waals surface area (Å²) in [5.41, 5.74) is -0.351. The number of nitrogens with one attached hydrogen (secondary N) is 2. The molecule has 0 saturated heterocycles. The zero-order valence-electron chi connectivity index (χ0n) is 12.5. The van der Waals surface area contributed by atoms with Crippen LogP contribution < -0.4 is 10.6 Å². The highest BCUT2D eigenvalue weighted by Crippen LogP contribution is 2.29. The van der Waals surface area contributed by atoms with E-state index in [-0.39, 0.29) is 12.5 Å². The number of anilines is 1. The Bertz CT molecular complexity index is 499. The molecule has 0 bridgehead atoms. The minimum Gasteiger partial charge on any atom is -0.325 e. The van der Waals surface area contributed by atoms with Gasteiger partial charge in [-0.1, -0.05) is 19.8 Å². The lowest BCUT2D eigenvalue weighted by Crippen LogP contribution is -2.41. The first-order chi connectivity index (χ1) is 10.4. The van der Waals surface area contributed by atoms with Crippen molar-refractivity contribution in [3.05, 3.63) is 29.8 Å². The zero-order valence-corrected chi connectivity index (χ0v) is 12.5. The number of carbonyl (C=O) groups excluding carboxylic acids is 1. The number of hydrogen-bond acceptors (Lipinski definition) is 2. The van der Waals surface area contributed by atoms with Gasteiger partial charge >= 0.3 is 6.18 Å². The Morgan fingerprint density at radius 3 is 2.41 bits per heavy atom. The first-order valence-corrected chi connectivity index (χ1v) is 7.57. The second kappa shape index (κ2) is 7.13. The van der Waals surface area contributed by atoms with E-state index in [4.69, 9.17) is 0 Å². The molecule has 1 aliphatic rings. The largest absolute Gasteiger partial charge is 0.416 e. The predicted octanol–water partition coefficient (Wildman–Crippen LogP) is 3.81. The molecule has 0 heterocycles. The summed E-state index contributed by atoms with van der Waals surface area (Å²) < 4.78 is 37.3. The van der Waals surface area contributed by atoms with E-state index in [1.165, 1.54) is 25.0 Å². The van der Waals surface area contributed by atoms with E-state index in [9.17, 15) is 18.0 Å². The molecule has 0 aromatic heterocycles. The predicted molar refractivity (Wildman–Crippen MR) is 79.5 cm³/mol. The third-order valence-corrected chi connectivity index (χ3v) is 4.13. The second-order valence-corrected chi connectivity index (χ2v) is 5.87. The Kier molecular flexibility index (Phi) is 5.45. The normalized spacial score (nSPS) is 22.4. The van der Waals surface area contributed by atoms with Crippen molar-refractivity contribution in [2.24, 2.45) is 5.92 Å². The van der Waals surface area contributed by atoms with E-state index in [0.29, 0.717) is 17.6 Å². The van der Waals surface area contributed by atoms with Gasteiger partial charge in [0.2, 0.25) is 5.91 Å². The van der Waals surface area contributed by atoms with E-state index >= 15 is 0 Å². The van der Waals surface area contributed by atoms with Crippen LogP contribution in [0, 0.1) is 5.92 Å². The number of alkyl halides is 3. The lowest BCUT2D eigenvalue weighted by atomic mass is 9.86. The Balaban J connectivity index is 1.81. The van der Waals surface area contributed by atoms with Gasteiger partial charge in [-0.3, -0.25) is 4.79 Å². The van der Waals surface area contributed by atoms with Crippen LogP contribution in [0.5, 0.6) is 0 Å². The van der Waals surface area contributed by atoms with Gasteiger partial charge in [0.1, 0.15) is 0 Å². The maximum absolute atomic E-state index is 12.4. The topological polar surface area (TPSA) is 41.1 Å². The molecular formula is C16H21F3N2O. The van der Waals surface area contributed by atoms with Gasteiger partial charge in [0.15, 0.2) is 0 Å². The molecule has 2 atom stereocenters. The standard InChI is InChI=1S/C16H21F3N2O/c1-11-4-2-3-5-14(11)20-10-15(22)21-13-8-6-12(7-9-13)16(17,18)19/h6-9,11,14,20H,2-5,10H2,1H3,(H,21,22). The molecule has 3 nitrogen and oxygen atoms in total. The molecule has 0 radical (unpaired) electrons. The number of rotatable bonds is 4. The molecule has 122 valence electrons. The van der Waals surface area contributed by atoms with Crippen LogP contribution in [0.2, 0.25) is 0 Å². The third kappa shape index (κ3) is 4.73. The number of halogens is 3. The van der Waals surface area contributed by atoms with Crippen molar-refractivity contribution >= 4 is 11.6 Å². The highest BCUT2D eigenvalue weighted by molar-refractivity contribution is 5.92. The van der Waals surface area contributed by atoms with Gasteiger partial charge in [-0.05, 0) is 43.0 Å². The number of amides is 1. The Hall–Kier alpha value is -1.56. The van der Waals surface area contributed by atoms with Crippen LogP contribution in [0.25, 0.3) is 0 Å². The smallest absolute Gasteiger partial charge is 0.325 e. The minimum atomic E-state index is -4.36. The fourth-order valence-electron chi connectivity index (χ4n) is 2.79. The van der Waals surface area contributed by atoms with Crippen molar-refractivity contribution in [2.45, 2.75) is 44.8 Å². The van der Waals surface area contributed by atoms with Crippen LogP contribution in [0.1, 0.15) is 38.2 Å². The Morgan fingerprint density at radius 2 is 1.82 bits per heavy atom. The van der Waals surface area contributed by atoms with Crippen LogP contribution in [-0.4, -0.2) is 18.5 Å². The maximum Gasteiger partial charge on any atom is 0.416 e. The van der Waals surface area contributed by atoms with Crippen molar-refractivity contribution < 1.29 is 18.0 Å². The van der Waals surface area contributed by atoms with Gasteiger partial charge in [-0.15, -0.1) is 0 Å². The Morgan fingerprint density at radius 1 is 1.18 bits per heavy atom. The monoisotopic (exact) mass is 314 g/mol. The van der Waals surface area contributed by atoms with E-state index in [1.54, 1.807) is 0 Å². The zero-order chi connectivity index (χ0) is 16.2. The average molecular weight is 314 g/mol. The number of carbonyl (C=O) groups is 1. The molecule has 2 N–H and O–H groups in total. The van der Waals surface area contributed by atoms with Gasteiger partial charge < -0.3 is 10.6 Å². The van der Waals surface area contributed by atoms with Crippen molar-refractivity contribution in [3.63, 3.8) is 0 Å². The SMILES string of the molecule is CC1CCCCC1NCC(=O)Nc1ccc(C(F)(F)F)cc1. The minimum absolute atomic E-state index is 0.177. The summed E-state index contributed by atoms with van der Waals surface area (Å²) >= 11 is 0. The van der Waals surface area contributed by atoms with Crippen LogP contribution >= 0.6 is 0 Å². The van der Waals surface area contributed by atoms with E-state index in [0.717, 1.165) is 25.0 Å². The number of hydrogen-bond donors (Lipinski definition) is 2. The molecule has 0 aliphatic heterocycles. The van der Waals surface area contributed by atoms with E-state index < -0.39 is 11.7 Å². The van der Waals surface area contributed by atoms with Crippen LogP contribution in [-0.2, 0) is 11.0 Å². The van der Waals surface area contributed by atoms with Gasteiger partial charge in [0.25, 0.3) is 0 Å². The van der Waals surface area contributed by atoms with Crippen molar-refractivity contribution in [2.75, 3.05) is 11.9 Å². The van der Waals surface area contributed by atoms with Gasteiger partial charge in [-0.25, -0.2) is 0 Å². The highest BCUT2D eigenvalue weighted by atomic mass is 19.4. The molecule has 22 heavy (non-hydrogen) atoms. The molecule has 1 fully saturated rings. The summed E-state index contributed by atoms with van der Waals surface area (Å²) in [6, 6.07) is 4.80. The molecule has 1 saturated carbocycles. The first kappa shape index (κ1) is 16.8. The molecule has 1 aliphatic carbocycles. The summed E-state index contributed by atoms with van der Waals surface area (Å²) in [5, 5.41) is 5.84. The fraction of sp³-hybridized carbons (Fsp3) is 0.562. The molecule has 2 unspecified atom stereocenters. The second-order valence-electron chi connectivity index (χ2n) is 5.87. The molecular weight excluding hydrogens is 293 g/mol. The van der Waals surface area contributed by atoms with Crippen LogP contribution in [0.4, 0.5) is 18.9 Å². The van der Waals surface area contributed by atoms with Crippen molar-refractivity contribution in [1.29, 1.82) is 0 Å². The van der Waals surface area contributed by atoms with Crippen molar-refractivity contribution in [1.82, 2.24) is 5.32 Å².